The summed E-state index contributed by atoms with van der Waals surface area (Å²) in [4.78, 5) is 0. The van der Waals surface area contributed by atoms with Crippen molar-refractivity contribution in [2.24, 2.45) is 0 Å². The number of benzene rings is 12. The lowest BCUT2D eigenvalue weighted by Gasteiger charge is -2.20. The van der Waals surface area contributed by atoms with E-state index in [0.717, 1.165) is 0 Å². The maximum atomic E-state index is 2.44. The molecule has 0 heteroatoms. The molecule has 12 rings (SSSR count). The monoisotopic (exact) mass is 758 g/mol. The Hall–Kier alpha value is -7.80. The minimum atomic E-state index is 1.21. The summed E-state index contributed by atoms with van der Waals surface area (Å²) in [7, 11) is 0. The Morgan fingerprint density at radius 1 is 0.167 bits per heavy atom. The standard InChI is InChI=1S/C60H38/c1-3-15-41-33-44(29-27-39(41)13-1)43-18-11-20-49(35-43)59-54-25-9-10-26-55(54)60(58-37-46(31-32-56(58)59)45-30-28-40-14-2-4-16-42(40)34-45)50-21-12-19-47(36-50)57-38-48-17-5-6-22-51(48)52-23-7-8-24-53(52)57/h1-38H. The number of rotatable bonds is 5. The summed E-state index contributed by atoms with van der Waals surface area (Å²) < 4.78 is 0. The summed E-state index contributed by atoms with van der Waals surface area (Å²) in [6.07, 6.45) is 0. The van der Waals surface area contributed by atoms with Gasteiger partial charge < -0.3 is 0 Å². The summed E-state index contributed by atoms with van der Waals surface area (Å²) in [6, 6.07) is 85.4. The van der Waals surface area contributed by atoms with Gasteiger partial charge in [0.15, 0.2) is 0 Å². The van der Waals surface area contributed by atoms with Crippen LogP contribution in [0.1, 0.15) is 0 Å². The van der Waals surface area contributed by atoms with Gasteiger partial charge in [-0.15, -0.1) is 0 Å². The van der Waals surface area contributed by atoms with Crippen LogP contribution in [0.4, 0.5) is 0 Å². The van der Waals surface area contributed by atoms with E-state index in [1.807, 2.05) is 0 Å². The molecule has 0 aliphatic heterocycles. The summed E-state index contributed by atoms with van der Waals surface area (Å²) in [6.45, 7) is 0. The van der Waals surface area contributed by atoms with Crippen LogP contribution in [0, 0.1) is 0 Å². The second kappa shape index (κ2) is 13.9. The number of fused-ring (bicyclic) bond motifs is 7. The number of hydrogen-bond donors (Lipinski definition) is 0. The fourth-order valence-corrected chi connectivity index (χ4v) is 9.71. The average Bonchev–Trinajstić information content (AvgIpc) is 3.32. The predicted molar refractivity (Wildman–Crippen MR) is 259 cm³/mol. The van der Waals surface area contributed by atoms with Crippen molar-refractivity contribution < 1.29 is 0 Å². The molecular formula is C60H38. The van der Waals surface area contributed by atoms with E-state index in [1.165, 1.54) is 120 Å². The van der Waals surface area contributed by atoms with E-state index in [9.17, 15) is 0 Å². The van der Waals surface area contributed by atoms with Gasteiger partial charge in [-0.2, -0.15) is 0 Å². The normalized spacial score (nSPS) is 11.7. The van der Waals surface area contributed by atoms with Gasteiger partial charge in [0.05, 0.1) is 0 Å². The molecule has 0 saturated carbocycles. The number of hydrogen-bond acceptors (Lipinski definition) is 0. The zero-order chi connectivity index (χ0) is 39.6. The maximum Gasteiger partial charge on any atom is -0.00259 e. The van der Waals surface area contributed by atoms with Crippen LogP contribution in [0.15, 0.2) is 231 Å². The van der Waals surface area contributed by atoms with Crippen molar-refractivity contribution in [2.45, 2.75) is 0 Å². The van der Waals surface area contributed by atoms with Crippen LogP contribution in [0.2, 0.25) is 0 Å². The molecule has 0 radical (unpaired) electrons. The van der Waals surface area contributed by atoms with E-state index in [4.69, 9.17) is 0 Å². The van der Waals surface area contributed by atoms with Crippen LogP contribution in [-0.4, -0.2) is 0 Å². The molecule has 0 heterocycles. The van der Waals surface area contributed by atoms with E-state index in [0.29, 0.717) is 0 Å². The molecule has 0 unspecified atom stereocenters. The smallest absolute Gasteiger partial charge is 0.00259 e. The van der Waals surface area contributed by atoms with Crippen molar-refractivity contribution in [1.82, 2.24) is 0 Å². The first-order valence-corrected chi connectivity index (χ1v) is 20.8. The molecule has 0 bridgehead atoms. The van der Waals surface area contributed by atoms with Crippen LogP contribution in [0.3, 0.4) is 0 Å². The van der Waals surface area contributed by atoms with E-state index < -0.39 is 0 Å². The fourth-order valence-electron chi connectivity index (χ4n) is 9.71. The van der Waals surface area contributed by atoms with Gasteiger partial charge in [0.25, 0.3) is 0 Å². The summed E-state index contributed by atoms with van der Waals surface area (Å²) in [5.74, 6) is 0. The lowest BCUT2D eigenvalue weighted by molar-refractivity contribution is 1.62. The van der Waals surface area contributed by atoms with Crippen LogP contribution < -0.4 is 0 Å². The highest BCUT2D eigenvalue weighted by atomic mass is 14.2. The van der Waals surface area contributed by atoms with Gasteiger partial charge in [-0.1, -0.05) is 194 Å². The highest BCUT2D eigenvalue weighted by Crippen LogP contribution is 2.47. The minimum Gasteiger partial charge on any atom is -0.0616 e. The SMILES string of the molecule is c1cc(-c2ccc3ccccc3c2)cc(-c2c3ccccc3c(-c3cccc(-c4cc5ccccc5c5ccccc45)c3)c3cc(-c4ccc5ccccc5c4)ccc23)c1. The van der Waals surface area contributed by atoms with Crippen molar-refractivity contribution in [3.8, 4) is 55.6 Å². The molecule has 0 aliphatic rings. The zero-order valence-electron chi connectivity index (χ0n) is 32.9. The van der Waals surface area contributed by atoms with Crippen molar-refractivity contribution in [3.05, 3.63) is 231 Å². The van der Waals surface area contributed by atoms with Gasteiger partial charge in [0.2, 0.25) is 0 Å². The molecule has 0 amide bonds. The molecule has 0 nitrogen and oxygen atoms in total. The molecule has 12 aromatic rings. The van der Waals surface area contributed by atoms with Crippen molar-refractivity contribution in [2.75, 3.05) is 0 Å². The molecular weight excluding hydrogens is 721 g/mol. The van der Waals surface area contributed by atoms with E-state index >= 15 is 0 Å². The van der Waals surface area contributed by atoms with Crippen LogP contribution in [0.25, 0.3) is 120 Å². The Bertz CT molecular complexity index is 3660. The van der Waals surface area contributed by atoms with Crippen molar-refractivity contribution >= 4 is 64.6 Å². The average molecular weight is 759 g/mol. The highest BCUT2D eigenvalue weighted by molar-refractivity contribution is 6.22. The van der Waals surface area contributed by atoms with Gasteiger partial charge in [0.1, 0.15) is 0 Å². The third kappa shape index (κ3) is 5.69. The lowest BCUT2D eigenvalue weighted by atomic mass is 9.83. The Balaban J connectivity index is 1.12. The molecule has 0 fully saturated rings. The van der Waals surface area contributed by atoms with E-state index in [1.54, 1.807) is 0 Å². The summed E-state index contributed by atoms with van der Waals surface area (Å²) in [5, 5.41) is 15.1. The van der Waals surface area contributed by atoms with E-state index in [2.05, 4.69) is 231 Å². The first-order chi connectivity index (χ1) is 29.7. The molecule has 0 aliphatic carbocycles. The van der Waals surface area contributed by atoms with Crippen LogP contribution in [0.5, 0.6) is 0 Å². The van der Waals surface area contributed by atoms with Gasteiger partial charge in [0, 0.05) is 0 Å². The molecule has 0 aromatic heterocycles. The molecule has 278 valence electrons. The molecule has 0 spiro atoms. The minimum absolute atomic E-state index is 1.21. The maximum absolute atomic E-state index is 2.44. The Kier molecular flexibility index (Phi) is 7.96. The Morgan fingerprint density at radius 2 is 0.583 bits per heavy atom. The van der Waals surface area contributed by atoms with Gasteiger partial charge in [-0.3, -0.25) is 0 Å². The first-order valence-electron chi connectivity index (χ1n) is 20.8. The lowest BCUT2D eigenvalue weighted by Crippen LogP contribution is -1.93. The quantitative estimate of drug-likeness (QED) is 0.121. The Morgan fingerprint density at radius 3 is 1.23 bits per heavy atom. The van der Waals surface area contributed by atoms with Gasteiger partial charge in [-0.05, 0) is 157 Å². The molecule has 0 N–H and O–H groups in total. The second-order valence-corrected chi connectivity index (χ2v) is 16.0. The Labute approximate surface area is 349 Å². The molecule has 60 heavy (non-hydrogen) atoms. The summed E-state index contributed by atoms with van der Waals surface area (Å²) in [5.41, 5.74) is 12.2. The third-order valence-corrected chi connectivity index (χ3v) is 12.6. The van der Waals surface area contributed by atoms with Crippen molar-refractivity contribution in [1.29, 1.82) is 0 Å². The summed E-state index contributed by atoms with van der Waals surface area (Å²) >= 11 is 0. The second-order valence-electron chi connectivity index (χ2n) is 16.0. The van der Waals surface area contributed by atoms with E-state index in [-0.39, 0.29) is 0 Å². The van der Waals surface area contributed by atoms with Crippen molar-refractivity contribution in [3.63, 3.8) is 0 Å². The topological polar surface area (TPSA) is 0 Å². The molecule has 0 saturated heterocycles. The van der Waals surface area contributed by atoms with Crippen LogP contribution in [-0.2, 0) is 0 Å². The van der Waals surface area contributed by atoms with Gasteiger partial charge >= 0.3 is 0 Å². The molecule has 0 atom stereocenters. The fraction of sp³-hybridized carbons (Fsp3) is 0. The zero-order valence-corrected chi connectivity index (χ0v) is 32.9. The molecule has 12 aromatic carbocycles. The largest absolute Gasteiger partial charge is 0.0616 e. The third-order valence-electron chi connectivity index (χ3n) is 12.6. The highest BCUT2D eigenvalue weighted by Gasteiger charge is 2.19. The predicted octanol–water partition coefficient (Wildman–Crippen LogP) is 16.9. The first kappa shape index (κ1) is 34.3. The van der Waals surface area contributed by atoms with Gasteiger partial charge in [-0.25, -0.2) is 0 Å². The van der Waals surface area contributed by atoms with Crippen LogP contribution >= 0.6 is 0 Å².